The number of nitrogens with two attached hydrogens (primary N) is 1. The maximum Gasteiger partial charge on any atom is 0.245 e. The molecule has 0 radical (unpaired) electrons. The molecule has 1 aliphatic heterocycles. The fourth-order valence-electron chi connectivity index (χ4n) is 2.16. The summed E-state index contributed by atoms with van der Waals surface area (Å²) in [5.74, 6) is -0.198. The molecule has 0 saturated heterocycles. The van der Waals surface area contributed by atoms with Gasteiger partial charge >= 0.3 is 0 Å². The van der Waals surface area contributed by atoms with Crippen molar-refractivity contribution in [1.82, 2.24) is 0 Å². The van der Waals surface area contributed by atoms with Crippen molar-refractivity contribution >= 4 is 28.9 Å². The summed E-state index contributed by atoms with van der Waals surface area (Å²) in [4.78, 5) is 13.6. The van der Waals surface area contributed by atoms with E-state index in [1.54, 1.807) is 13.2 Å². The highest BCUT2D eigenvalue weighted by Crippen LogP contribution is 2.38. The number of ether oxygens (including phenoxy) is 1. The van der Waals surface area contributed by atoms with Crippen molar-refractivity contribution in [3.8, 4) is 0 Å². The Balaban J connectivity index is 2.34. The van der Waals surface area contributed by atoms with Gasteiger partial charge in [0.1, 0.15) is 6.04 Å². The molecular weight excluding hydrogens is 266 g/mol. The number of hydrogen-bond acceptors (Lipinski definition) is 4. The van der Waals surface area contributed by atoms with Gasteiger partial charge in [-0.1, -0.05) is 11.6 Å². The van der Waals surface area contributed by atoms with Crippen LogP contribution in [0.3, 0.4) is 0 Å². The smallest absolute Gasteiger partial charge is 0.245 e. The summed E-state index contributed by atoms with van der Waals surface area (Å²) in [5, 5.41) is 3.34. The number of rotatable bonds is 4. The molecule has 1 aromatic rings. The molecule has 2 unspecified atom stereocenters. The number of nitrogens with zero attached hydrogens (tertiary/aromatic N) is 1. The van der Waals surface area contributed by atoms with Gasteiger partial charge in [0.25, 0.3) is 0 Å². The van der Waals surface area contributed by atoms with E-state index in [1.165, 1.54) is 0 Å². The molecule has 2 atom stereocenters. The molecule has 104 valence electrons. The molecule has 1 aromatic carbocycles. The molecule has 2 rings (SSSR count). The highest BCUT2D eigenvalue weighted by Gasteiger charge is 2.29. The van der Waals surface area contributed by atoms with Gasteiger partial charge in [-0.15, -0.1) is 0 Å². The lowest BCUT2D eigenvalue weighted by Gasteiger charge is -2.27. The van der Waals surface area contributed by atoms with Crippen molar-refractivity contribution in [2.24, 2.45) is 5.73 Å². The summed E-state index contributed by atoms with van der Waals surface area (Å²) < 4.78 is 5.14. The normalized spacial score (nSPS) is 19.0. The van der Waals surface area contributed by atoms with Crippen LogP contribution in [0.2, 0.25) is 5.02 Å². The van der Waals surface area contributed by atoms with Crippen LogP contribution < -0.4 is 16.0 Å². The third-order valence-corrected chi connectivity index (χ3v) is 3.75. The van der Waals surface area contributed by atoms with E-state index in [1.807, 2.05) is 24.9 Å². The van der Waals surface area contributed by atoms with Gasteiger partial charge in [-0.3, -0.25) is 4.79 Å². The molecule has 0 aromatic heterocycles. The Morgan fingerprint density at radius 3 is 2.89 bits per heavy atom. The third kappa shape index (κ3) is 2.54. The number of anilines is 2. The van der Waals surface area contributed by atoms with Gasteiger partial charge in [0.2, 0.25) is 5.91 Å². The summed E-state index contributed by atoms with van der Waals surface area (Å²) >= 11 is 6.28. The van der Waals surface area contributed by atoms with Gasteiger partial charge in [0.15, 0.2) is 0 Å². The van der Waals surface area contributed by atoms with Crippen LogP contribution in [0.15, 0.2) is 12.1 Å². The van der Waals surface area contributed by atoms with Gasteiger partial charge < -0.3 is 20.7 Å². The lowest BCUT2D eigenvalue weighted by Crippen LogP contribution is -2.32. The molecule has 0 bridgehead atoms. The largest absolute Gasteiger partial charge is 0.383 e. The number of likely N-dealkylation sites (N-methyl/N-ethyl adjacent to an activating group) is 1. The molecule has 5 nitrogen and oxygen atoms in total. The number of benzene rings is 1. The van der Waals surface area contributed by atoms with Crippen molar-refractivity contribution in [3.63, 3.8) is 0 Å². The molecule has 0 fully saturated rings. The topological polar surface area (TPSA) is 67.6 Å². The summed E-state index contributed by atoms with van der Waals surface area (Å²) in [6.45, 7) is 2.63. The van der Waals surface area contributed by atoms with Gasteiger partial charge in [-0.25, -0.2) is 0 Å². The first-order chi connectivity index (χ1) is 8.95. The Kier molecular flexibility index (Phi) is 3.99. The molecular formula is C13H18ClN3O2. The van der Waals surface area contributed by atoms with Crippen LogP contribution in [0.1, 0.15) is 18.5 Å². The second-order valence-corrected chi connectivity index (χ2v) is 5.18. The van der Waals surface area contributed by atoms with E-state index >= 15 is 0 Å². The van der Waals surface area contributed by atoms with Crippen LogP contribution in [0.5, 0.6) is 0 Å². The number of hydrogen-bond donors (Lipinski definition) is 2. The van der Waals surface area contributed by atoms with E-state index in [2.05, 4.69) is 5.32 Å². The molecule has 3 N–H and O–H groups in total. The SMILES string of the molecule is COCC(C)N(C)c1cc2c(cc1Cl)C(N)C(=O)N2. The predicted molar refractivity (Wildman–Crippen MR) is 76.8 cm³/mol. The number of carbonyl (C=O) groups excluding carboxylic acids is 1. The average Bonchev–Trinajstić information content (AvgIpc) is 2.64. The minimum absolute atomic E-state index is 0.173. The van der Waals surface area contributed by atoms with Gasteiger partial charge in [0, 0.05) is 31.5 Å². The van der Waals surface area contributed by atoms with Crippen molar-refractivity contribution in [2.45, 2.75) is 19.0 Å². The fourth-order valence-corrected chi connectivity index (χ4v) is 2.46. The first kappa shape index (κ1) is 14.1. The molecule has 6 heteroatoms. The lowest BCUT2D eigenvalue weighted by atomic mass is 10.1. The zero-order valence-electron chi connectivity index (χ0n) is 11.2. The van der Waals surface area contributed by atoms with Crippen molar-refractivity contribution in [3.05, 3.63) is 22.7 Å². The minimum Gasteiger partial charge on any atom is -0.383 e. The second kappa shape index (κ2) is 5.36. The number of amides is 1. The molecule has 0 aliphatic carbocycles. The van der Waals surface area contributed by atoms with E-state index in [0.29, 0.717) is 11.6 Å². The number of methoxy groups -OCH3 is 1. The van der Waals surface area contributed by atoms with Crippen LogP contribution in [-0.4, -0.2) is 32.7 Å². The zero-order valence-corrected chi connectivity index (χ0v) is 12.0. The lowest BCUT2D eigenvalue weighted by molar-refractivity contribution is -0.116. The minimum atomic E-state index is -0.636. The summed E-state index contributed by atoms with van der Waals surface area (Å²) in [5.41, 5.74) is 8.11. The van der Waals surface area contributed by atoms with Crippen molar-refractivity contribution in [1.29, 1.82) is 0 Å². The molecule has 1 aliphatic rings. The van der Waals surface area contributed by atoms with Gasteiger partial charge in [0.05, 0.1) is 17.3 Å². The Labute approximate surface area is 117 Å². The maximum absolute atomic E-state index is 11.5. The summed E-state index contributed by atoms with van der Waals surface area (Å²) in [7, 11) is 3.60. The highest BCUT2D eigenvalue weighted by atomic mass is 35.5. The number of carbonyl (C=O) groups is 1. The Morgan fingerprint density at radius 2 is 2.26 bits per heavy atom. The van der Waals surface area contributed by atoms with E-state index in [-0.39, 0.29) is 11.9 Å². The predicted octanol–water partition coefficient (Wildman–Crippen LogP) is 1.76. The maximum atomic E-state index is 11.5. The Hall–Kier alpha value is -1.30. The standard InChI is InChI=1S/C13H18ClN3O2/c1-7(6-19-3)17(2)11-5-10-8(4-9(11)14)12(15)13(18)16-10/h4-5,7,12H,6,15H2,1-3H3,(H,16,18). The van der Waals surface area contributed by atoms with E-state index in [0.717, 1.165) is 16.9 Å². The molecule has 1 heterocycles. The number of nitrogens with one attached hydrogen (secondary N) is 1. The van der Waals surface area contributed by atoms with E-state index < -0.39 is 6.04 Å². The first-order valence-electron chi connectivity index (χ1n) is 6.07. The molecule has 0 spiro atoms. The summed E-state index contributed by atoms with van der Waals surface area (Å²) in [6.07, 6.45) is 0. The van der Waals surface area contributed by atoms with Gasteiger partial charge in [-0.05, 0) is 19.1 Å². The first-order valence-corrected chi connectivity index (χ1v) is 6.45. The third-order valence-electron chi connectivity index (χ3n) is 3.44. The van der Waals surface area contributed by atoms with E-state index in [9.17, 15) is 4.79 Å². The van der Waals surface area contributed by atoms with Crippen LogP contribution in [0, 0.1) is 0 Å². The Bertz CT molecular complexity index is 507. The number of halogens is 1. The molecule has 1 amide bonds. The van der Waals surface area contributed by atoms with Crippen LogP contribution in [-0.2, 0) is 9.53 Å². The summed E-state index contributed by atoms with van der Waals surface area (Å²) in [6, 6.07) is 3.15. The van der Waals surface area contributed by atoms with Crippen LogP contribution in [0.25, 0.3) is 0 Å². The monoisotopic (exact) mass is 283 g/mol. The highest BCUT2D eigenvalue weighted by molar-refractivity contribution is 6.33. The van der Waals surface area contributed by atoms with Crippen molar-refractivity contribution < 1.29 is 9.53 Å². The molecule has 19 heavy (non-hydrogen) atoms. The van der Waals surface area contributed by atoms with Gasteiger partial charge in [-0.2, -0.15) is 0 Å². The zero-order chi connectivity index (χ0) is 14.2. The van der Waals surface area contributed by atoms with Crippen LogP contribution >= 0.6 is 11.6 Å². The van der Waals surface area contributed by atoms with Crippen molar-refractivity contribution in [2.75, 3.05) is 31.0 Å². The number of fused-ring (bicyclic) bond motifs is 1. The fraction of sp³-hybridized carbons (Fsp3) is 0.462. The van der Waals surface area contributed by atoms with E-state index in [4.69, 9.17) is 22.1 Å². The average molecular weight is 284 g/mol. The van der Waals surface area contributed by atoms with Crippen LogP contribution in [0.4, 0.5) is 11.4 Å². The Morgan fingerprint density at radius 1 is 1.58 bits per heavy atom. The molecule has 0 saturated carbocycles. The second-order valence-electron chi connectivity index (χ2n) is 4.77. The quantitative estimate of drug-likeness (QED) is 0.884.